The van der Waals surface area contributed by atoms with E-state index in [9.17, 15) is 5.11 Å². The van der Waals surface area contributed by atoms with Crippen LogP contribution >= 0.6 is 0 Å². The molecule has 0 atom stereocenters. The number of aliphatic hydroxyl groups is 1. The normalized spacial score (nSPS) is 13.0. The van der Waals surface area contributed by atoms with Crippen molar-refractivity contribution >= 4 is 0 Å². The van der Waals surface area contributed by atoms with E-state index >= 15 is 0 Å². The summed E-state index contributed by atoms with van der Waals surface area (Å²) in [6.45, 7) is 12.4. The molecule has 0 aliphatic rings. The summed E-state index contributed by atoms with van der Waals surface area (Å²) in [4.78, 5) is 0. The highest BCUT2D eigenvalue weighted by Gasteiger charge is 2.21. The Morgan fingerprint density at radius 2 is 1.53 bits per heavy atom. The first-order valence-electron chi connectivity index (χ1n) is 5.46. The van der Waals surface area contributed by atoms with Crippen LogP contribution in [0.5, 0.6) is 0 Å². The van der Waals surface area contributed by atoms with E-state index in [0.29, 0.717) is 0 Å². The predicted molar refractivity (Wildman–Crippen MR) is 65.1 cm³/mol. The van der Waals surface area contributed by atoms with Gasteiger partial charge in [0, 0.05) is 0 Å². The van der Waals surface area contributed by atoms with E-state index in [1.807, 2.05) is 19.9 Å². The predicted octanol–water partition coefficient (Wildman–Crippen LogP) is 3.52. The van der Waals surface area contributed by atoms with Gasteiger partial charge in [0.2, 0.25) is 0 Å². The molecule has 0 aliphatic carbocycles. The minimum absolute atomic E-state index is 0.130. The largest absolute Gasteiger partial charge is 0.386 e. The van der Waals surface area contributed by atoms with E-state index in [4.69, 9.17) is 0 Å². The average molecular weight is 206 g/mol. The minimum atomic E-state index is -0.756. The van der Waals surface area contributed by atoms with Gasteiger partial charge in [-0.1, -0.05) is 39.0 Å². The second-order valence-corrected chi connectivity index (χ2v) is 5.84. The topological polar surface area (TPSA) is 20.2 Å². The average Bonchev–Trinajstić information content (AvgIpc) is 2.00. The van der Waals surface area contributed by atoms with Crippen LogP contribution < -0.4 is 0 Å². The third-order valence-corrected chi connectivity index (χ3v) is 2.75. The first kappa shape index (κ1) is 12.3. The third-order valence-electron chi connectivity index (χ3n) is 2.75. The number of benzene rings is 1. The van der Waals surface area contributed by atoms with Crippen molar-refractivity contribution in [3.05, 3.63) is 34.9 Å². The summed E-state index contributed by atoms with van der Waals surface area (Å²) in [5.41, 5.74) is 2.95. The molecule has 84 valence electrons. The van der Waals surface area contributed by atoms with Crippen molar-refractivity contribution in [3.8, 4) is 0 Å². The lowest BCUT2D eigenvalue weighted by atomic mass is 9.81. The van der Waals surface area contributed by atoms with E-state index < -0.39 is 5.60 Å². The van der Waals surface area contributed by atoms with E-state index in [0.717, 1.165) is 5.56 Å². The first-order chi connectivity index (χ1) is 6.62. The fourth-order valence-electron chi connectivity index (χ4n) is 1.81. The van der Waals surface area contributed by atoms with Crippen LogP contribution in [0.1, 0.15) is 51.3 Å². The molecule has 1 aromatic carbocycles. The monoisotopic (exact) mass is 206 g/mol. The maximum Gasteiger partial charge on any atom is 0.0840 e. The van der Waals surface area contributed by atoms with E-state index in [-0.39, 0.29) is 5.41 Å². The fraction of sp³-hybridized carbons (Fsp3) is 0.571. The summed E-state index contributed by atoms with van der Waals surface area (Å²) in [6.07, 6.45) is 0. The Hall–Kier alpha value is -0.820. The highest BCUT2D eigenvalue weighted by molar-refractivity contribution is 5.37. The quantitative estimate of drug-likeness (QED) is 0.745. The van der Waals surface area contributed by atoms with Crippen molar-refractivity contribution in [3.63, 3.8) is 0 Å². The van der Waals surface area contributed by atoms with Gasteiger partial charge >= 0.3 is 0 Å². The Morgan fingerprint density at radius 3 is 1.93 bits per heavy atom. The zero-order chi connectivity index (χ0) is 11.9. The molecule has 0 spiro atoms. The van der Waals surface area contributed by atoms with Crippen LogP contribution in [-0.2, 0) is 11.0 Å². The Balaban J connectivity index is 3.30. The molecule has 0 heterocycles. The van der Waals surface area contributed by atoms with Crippen LogP contribution in [0.15, 0.2) is 18.2 Å². The van der Waals surface area contributed by atoms with Crippen molar-refractivity contribution in [2.45, 2.75) is 52.6 Å². The molecule has 1 heteroatoms. The molecule has 0 fully saturated rings. The van der Waals surface area contributed by atoms with Crippen LogP contribution in [0.2, 0.25) is 0 Å². The van der Waals surface area contributed by atoms with Gasteiger partial charge in [0.05, 0.1) is 5.60 Å². The molecule has 0 aromatic heterocycles. The third kappa shape index (κ3) is 2.82. The summed E-state index contributed by atoms with van der Waals surface area (Å²) >= 11 is 0. The molecule has 0 bridgehead atoms. The molecule has 0 unspecified atom stereocenters. The molecule has 1 nitrogen and oxygen atoms in total. The molecule has 1 rings (SSSR count). The molecule has 0 aliphatic heterocycles. The second-order valence-electron chi connectivity index (χ2n) is 5.84. The van der Waals surface area contributed by atoms with Gasteiger partial charge in [0.15, 0.2) is 0 Å². The van der Waals surface area contributed by atoms with Gasteiger partial charge in [-0.3, -0.25) is 0 Å². The minimum Gasteiger partial charge on any atom is -0.386 e. The zero-order valence-electron chi connectivity index (χ0n) is 10.7. The van der Waals surface area contributed by atoms with Crippen molar-refractivity contribution in [1.82, 2.24) is 0 Å². The van der Waals surface area contributed by atoms with Gasteiger partial charge in [-0.25, -0.2) is 0 Å². The first-order valence-corrected chi connectivity index (χ1v) is 5.46. The SMILES string of the molecule is Cc1ccc(C(C)(C)O)cc1C(C)(C)C. The summed E-state index contributed by atoms with van der Waals surface area (Å²) in [5.74, 6) is 0. The van der Waals surface area contributed by atoms with E-state index in [1.54, 1.807) is 0 Å². The molecule has 1 aromatic rings. The van der Waals surface area contributed by atoms with Crippen molar-refractivity contribution in [2.24, 2.45) is 0 Å². The maximum absolute atomic E-state index is 9.97. The molecular weight excluding hydrogens is 184 g/mol. The van der Waals surface area contributed by atoms with Gasteiger partial charge < -0.3 is 5.11 Å². The van der Waals surface area contributed by atoms with Crippen molar-refractivity contribution in [1.29, 1.82) is 0 Å². The van der Waals surface area contributed by atoms with Gasteiger partial charge in [0.25, 0.3) is 0 Å². The Bertz CT molecular complexity index is 351. The van der Waals surface area contributed by atoms with Crippen LogP contribution in [0.3, 0.4) is 0 Å². The van der Waals surface area contributed by atoms with Gasteiger partial charge in [-0.15, -0.1) is 0 Å². The fourth-order valence-corrected chi connectivity index (χ4v) is 1.81. The van der Waals surface area contributed by atoms with Gasteiger partial charge in [-0.2, -0.15) is 0 Å². The van der Waals surface area contributed by atoms with E-state index in [2.05, 4.69) is 39.8 Å². The van der Waals surface area contributed by atoms with Crippen LogP contribution in [0.4, 0.5) is 0 Å². The summed E-state index contributed by atoms with van der Waals surface area (Å²) in [5, 5.41) is 9.97. The maximum atomic E-state index is 9.97. The molecule has 0 saturated carbocycles. The lowest BCUT2D eigenvalue weighted by Crippen LogP contribution is -2.19. The van der Waals surface area contributed by atoms with Gasteiger partial charge in [0.1, 0.15) is 0 Å². The Morgan fingerprint density at radius 1 is 1.00 bits per heavy atom. The van der Waals surface area contributed by atoms with Crippen LogP contribution in [0, 0.1) is 6.92 Å². The highest BCUT2D eigenvalue weighted by Crippen LogP contribution is 2.29. The number of hydrogen-bond donors (Lipinski definition) is 1. The lowest BCUT2D eigenvalue weighted by molar-refractivity contribution is 0.0784. The molecule has 1 N–H and O–H groups in total. The summed E-state index contributed by atoms with van der Waals surface area (Å²) < 4.78 is 0. The lowest BCUT2D eigenvalue weighted by Gasteiger charge is -2.25. The summed E-state index contributed by atoms with van der Waals surface area (Å²) in [6, 6.07) is 6.22. The van der Waals surface area contributed by atoms with Crippen LogP contribution in [0.25, 0.3) is 0 Å². The van der Waals surface area contributed by atoms with Gasteiger partial charge in [-0.05, 0) is 42.9 Å². The van der Waals surface area contributed by atoms with Crippen molar-refractivity contribution < 1.29 is 5.11 Å². The number of aryl methyl sites for hydroxylation is 1. The molecule has 0 saturated heterocycles. The number of rotatable bonds is 1. The Labute approximate surface area is 93.1 Å². The molecule has 15 heavy (non-hydrogen) atoms. The second kappa shape index (κ2) is 3.64. The molecule has 0 amide bonds. The van der Waals surface area contributed by atoms with Crippen molar-refractivity contribution in [2.75, 3.05) is 0 Å². The van der Waals surface area contributed by atoms with Crippen LogP contribution in [-0.4, -0.2) is 5.11 Å². The van der Waals surface area contributed by atoms with E-state index in [1.165, 1.54) is 11.1 Å². The smallest absolute Gasteiger partial charge is 0.0840 e. The summed E-state index contributed by atoms with van der Waals surface area (Å²) in [7, 11) is 0. The standard InChI is InChI=1S/C14H22O/c1-10-7-8-11(14(5,6)15)9-12(10)13(2,3)4/h7-9,15H,1-6H3. The zero-order valence-corrected chi connectivity index (χ0v) is 10.7. The molecule has 0 radical (unpaired) electrons. The number of hydrogen-bond acceptors (Lipinski definition) is 1. The molecular formula is C14H22O. The Kier molecular flexibility index (Phi) is 2.97. The highest BCUT2D eigenvalue weighted by atomic mass is 16.3.